The number of rotatable bonds is 5. The molecule has 0 atom stereocenters. The second-order valence-electron chi connectivity index (χ2n) is 7.52. The molecular weight excluding hydrogens is 500 g/mol. The fourth-order valence-electron chi connectivity index (χ4n) is 3.43. The Labute approximate surface area is 204 Å². The first-order valence-electron chi connectivity index (χ1n) is 10.3. The maximum atomic E-state index is 13.1. The summed E-state index contributed by atoms with van der Waals surface area (Å²) < 4.78 is 7.25. The van der Waals surface area contributed by atoms with E-state index in [9.17, 15) is 14.4 Å². The molecule has 0 spiro atoms. The van der Waals surface area contributed by atoms with Crippen LogP contribution >= 0.6 is 15.9 Å². The monoisotopic (exact) mass is 520 g/mol. The second-order valence-corrected chi connectivity index (χ2v) is 8.43. The number of nitrogens with one attached hydrogen (secondary N) is 3. The minimum absolute atomic E-state index is 0.164. The molecule has 8 nitrogen and oxygen atoms in total. The van der Waals surface area contributed by atoms with Crippen molar-refractivity contribution in [3.8, 4) is 5.75 Å². The van der Waals surface area contributed by atoms with E-state index in [1.165, 1.54) is 11.8 Å². The summed E-state index contributed by atoms with van der Waals surface area (Å²) in [4.78, 5) is 38.4. The number of halogens is 1. The van der Waals surface area contributed by atoms with Crippen molar-refractivity contribution in [3.63, 3.8) is 0 Å². The van der Waals surface area contributed by atoms with Crippen molar-refractivity contribution in [1.82, 2.24) is 4.68 Å². The van der Waals surface area contributed by atoms with Crippen LogP contribution in [-0.4, -0.2) is 29.5 Å². The molecule has 4 aromatic rings. The van der Waals surface area contributed by atoms with Gasteiger partial charge in [0.1, 0.15) is 11.4 Å². The van der Waals surface area contributed by atoms with E-state index in [1.807, 2.05) is 31.2 Å². The molecule has 4 rings (SSSR count). The zero-order chi connectivity index (χ0) is 24.2. The van der Waals surface area contributed by atoms with E-state index in [0.717, 1.165) is 10.0 Å². The zero-order valence-electron chi connectivity index (χ0n) is 18.4. The predicted molar refractivity (Wildman–Crippen MR) is 135 cm³/mol. The highest BCUT2D eigenvalue weighted by molar-refractivity contribution is 9.10. The minimum Gasteiger partial charge on any atom is -0.497 e. The Hall–Kier alpha value is -4.11. The molecule has 3 amide bonds. The van der Waals surface area contributed by atoms with Crippen molar-refractivity contribution in [3.05, 3.63) is 88.5 Å². The molecule has 3 aromatic carbocycles. The SMILES string of the molecule is COc1cccc(NC(=O)C(=O)Nn2c(C(=O)Nc3cccc(C)c3)cc3cc(Br)ccc32)c1. The van der Waals surface area contributed by atoms with Gasteiger partial charge in [-0.05, 0) is 61.0 Å². The van der Waals surface area contributed by atoms with Gasteiger partial charge in [0.25, 0.3) is 5.91 Å². The van der Waals surface area contributed by atoms with E-state index in [1.54, 1.807) is 48.5 Å². The van der Waals surface area contributed by atoms with E-state index in [-0.39, 0.29) is 5.69 Å². The highest BCUT2D eigenvalue weighted by Crippen LogP contribution is 2.24. The number of carbonyl (C=O) groups is 3. The average molecular weight is 521 g/mol. The lowest BCUT2D eigenvalue weighted by Crippen LogP contribution is -2.36. The van der Waals surface area contributed by atoms with Gasteiger partial charge in [0.2, 0.25) is 0 Å². The van der Waals surface area contributed by atoms with Gasteiger partial charge in [-0.3, -0.25) is 19.8 Å². The maximum Gasteiger partial charge on any atom is 0.328 e. The molecule has 1 aromatic heterocycles. The van der Waals surface area contributed by atoms with Crippen molar-refractivity contribution in [1.29, 1.82) is 0 Å². The highest BCUT2D eigenvalue weighted by Gasteiger charge is 2.21. The van der Waals surface area contributed by atoms with Crippen LogP contribution in [0.4, 0.5) is 11.4 Å². The fourth-order valence-corrected chi connectivity index (χ4v) is 3.81. The number of nitrogens with zero attached hydrogens (tertiary/aromatic N) is 1. The van der Waals surface area contributed by atoms with Gasteiger partial charge in [0.05, 0.1) is 12.6 Å². The van der Waals surface area contributed by atoms with Gasteiger partial charge in [-0.2, -0.15) is 0 Å². The normalized spacial score (nSPS) is 10.6. The van der Waals surface area contributed by atoms with Gasteiger partial charge in [-0.25, -0.2) is 4.68 Å². The van der Waals surface area contributed by atoms with Crippen LogP contribution < -0.4 is 20.8 Å². The average Bonchev–Trinajstić information content (AvgIpc) is 3.16. The van der Waals surface area contributed by atoms with Crippen molar-refractivity contribution < 1.29 is 19.1 Å². The lowest BCUT2D eigenvalue weighted by atomic mass is 10.2. The first-order valence-corrected chi connectivity index (χ1v) is 11.1. The van der Waals surface area contributed by atoms with Crippen molar-refractivity contribution in [2.45, 2.75) is 6.92 Å². The molecule has 3 N–H and O–H groups in total. The van der Waals surface area contributed by atoms with Crippen LogP contribution in [0.25, 0.3) is 10.9 Å². The summed E-state index contributed by atoms with van der Waals surface area (Å²) in [6.45, 7) is 1.92. The predicted octanol–water partition coefficient (Wildman–Crippen LogP) is 4.68. The highest BCUT2D eigenvalue weighted by atomic mass is 79.9. The molecule has 172 valence electrons. The third-order valence-electron chi connectivity index (χ3n) is 5.02. The Balaban J connectivity index is 1.61. The lowest BCUT2D eigenvalue weighted by Gasteiger charge is -2.13. The quantitative estimate of drug-likeness (QED) is 0.332. The van der Waals surface area contributed by atoms with Gasteiger partial charge in [-0.1, -0.05) is 34.1 Å². The molecule has 34 heavy (non-hydrogen) atoms. The largest absolute Gasteiger partial charge is 0.497 e. The molecule has 0 aliphatic rings. The summed E-state index contributed by atoms with van der Waals surface area (Å²) in [5, 5.41) is 6.07. The fraction of sp³-hybridized carbons (Fsp3) is 0.0800. The molecule has 0 fully saturated rings. The number of hydrogen-bond acceptors (Lipinski definition) is 4. The number of amides is 3. The van der Waals surface area contributed by atoms with Gasteiger partial charge in [0.15, 0.2) is 0 Å². The van der Waals surface area contributed by atoms with Crippen molar-refractivity contribution >= 4 is 55.9 Å². The number of ether oxygens (including phenoxy) is 1. The van der Waals surface area contributed by atoms with Crippen LogP contribution in [0.5, 0.6) is 5.75 Å². The molecular formula is C25H21BrN4O4. The van der Waals surface area contributed by atoms with E-state index in [4.69, 9.17) is 4.74 Å². The number of fused-ring (bicyclic) bond motifs is 1. The molecule has 0 unspecified atom stereocenters. The Bertz CT molecular complexity index is 1410. The van der Waals surface area contributed by atoms with Gasteiger partial charge >= 0.3 is 11.8 Å². The number of anilines is 2. The first-order chi connectivity index (χ1) is 16.3. The van der Waals surface area contributed by atoms with Crippen molar-refractivity contribution in [2.24, 2.45) is 0 Å². The van der Waals surface area contributed by atoms with E-state index in [2.05, 4.69) is 32.0 Å². The van der Waals surface area contributed by atoms with Crippen LogP contribution in [0, 0.1) is 6.92 Å². The standard InChI is InChI=1S/C25H21BrN4O4/c1-15-5-3-6-18(11-15)27-23(31)22-13-16-12-17(26)9-10-21(16)30(22)29-25(33)24(32)28-19-7-4-8-20(14-19)34-2/h3-14H,1-2H3,(H,27,31)(H,28,32)(H,29,33). The molecule has 1 heterocycles. The number of benzene rings is 3. The van der Waals surface area contributed by atoms with E-state index >= 15 is 0 Å². The van der Waals surface area contributed by atoms with E-state index in [0.29, 0.717) is 28.0 Å². The third-order valence-corrected chi connectivity index (χ3v) is 5.51. The van der Waals surface area contributed by atoms with Crippen molar-refractivity contribution in [2.75, 3.05) is 23.2 Å². The number of methoxy groups -OCH3 is 1. The van der Waals surface area contributed by atoms with Gasteiger partial charge in [0, 0.05) is 27.3 Å². The summed E-state index contributed by atoms with van der Waals surface area (Å²) in [5.74, 6) is -1.73. The second kappa shape index (κ2) is 9.80. The van der Waals surface area contributed by atoms with Crippen LogP contribution in [0.15, 0.2) is 77.3 Å². The molecule has 0 radical (unpaired) electrons. The Morgan fingerprint density at radius 3 is 2.32 bits per heavy atom. The topological polar surface area (TPSA) is 101 Å². The smallest absolute Gasteiger partial charge is 0.328 e. The third kappa shape index (κ3) is 5.10. The Morgan fingerprint density at radius 2 is 1.59 bits per heavy atom. The van der Waals surface area contributed by atoms with Gasteiger partial charge < -0.3 is 15.4 Å². The molecule has 0 bridgehead atoms. The lowest BCUT2D eigenvalue weighted by molar-refractivity contribution is -0.133. The van der Waals surface area contributed by atoms with Crippen LogP contribution in [0.2, 0.25) is 0 Å². The molecule has 0 aliphatic carbocycles. The summed E-state index contributed by atoms with van der Waals surface area (Å²) in [6, 6.07) is 21.0. The van der Waals surface area contributed by atoms with E-state index < -0.39 is 17.7 Å². The Morgan fingerprint density at radius 1 is 0.853 bits per heavy atom. The first kappa shape index (κ1) is 23.1. The number of aryl methyl sites for hydroxylation is 1. The van der Waals surface area contributed by atoms with Crippen LogP contribution in [0.3, 0.4) is 0 Å². The van der Waals surface area contributed by atoms with Crippen LogP contribution in [-0.2, 0) is 9.59 Å². The maximum absolute atomic E-state index is 13.1. The Kier molecular flexibility index (Phi) is 6.65. The van der Waals surface area contributed by atoms with Crippen LogP contribution in [0.1, 0.15) is 16.1 Å². The molecule has 0 saturated heterocycles. The zero-order valence-corrected chi connectivity index (χ0v) is 20.0. The minimum atomic E-state index is -0.937. The number of carbonyl (C=O) groups excluding carboxylic acids is 3. The summed E-state index contributed by atoms with van der Waals surface area (Å²) >= 11 is 3.42. The molecule has 0 aliphatic heterocycles. The summed E-state index contributed by atoms with van der Waals surface area (Å²) in [6.07, 6.45) is 0. The number of aromatic nitrogens is 1. The van der Waals surface area contributed by atoms with Gasteiger partial charge in [-0.15, -0.1) is 0 Å². The molecule has 0 saturated carbocycles. The number of hydrogen-bond donors (Lipinski definition) is 3. The summed E-state index contributed by atoms with van der Waals surface area (Å²) in [7, 11) is 1.51. The molecule has 9 heteroatoms. The summed E-state index contributed by atoms with van der Waals surface area (Å²) in [5.41, 5.74) is 5.27.